The van der Waals surface area contributed by atoms with Crippen LogP contribution in [0.25, 0.3) is 11.1 Å². The van der Waals surface area contributed by atoms with E-state index in [4.69, 9.17) is 28.9 Å². The molecule has 0 aliphatic carbocycles. The second-order valence-electron chi connectivity index (χ2n) is 3.81. The van der Waals surface area contributed by atoms with Gasteiger partial charge in [-0.1, -0.05) is 23.2 Å². The van der Waals surface area contributed by atoms with Gasteiger partial charge in [-0.2, -0.15) is 0 Å². The predicted octanol–water partition coefficient (Wildman–Crippen LogP) is 4.69. The van der Waals surface area contributed by atoms with Crippen molar-refractivity contribution >= 4 is 28.9 Å². The van der Waals surface area contributed by atoms with Crippen molar-refractivity contribution in [3.8, 4) is 11.1 Å². The summed E-state index contributed by atoms with van der Waals surface area (Å²) >= 11 is 11.9. The number of halogens is 3. The molecule has 2 rings (SSSR count). The molecule has 0 unspecified atom stereocenters. The summed E-state index contributed by atoms with van der Waals surface area (Å²) in [6.45, 7) is 1.68. The van der Waals surface area contributed by atoms with E-state index in [1.165, 1.54) is 6.07 Å². The molecule has 0 amide bonds. The Labute approximate surface area is 109 Å². The molecule has 4 heteroatoms. The van der Waals surface area contributed by atoms with Crippen LogP contribution < -0.4 is 5.73 Å². The van der Waals surface area contributed by atoms with Gasteiger partial charge in [0.2, 0.25) is 0 Å². The quantitative estimate of drug-likeness (QED) is 0.747. The van der Waals surface area contributed by atoms with E-state index in [0.29, 0.717) is 32.4 Å². The minimum absolute atomic E-state index is 0.321. The van der Waals surface area contributed by atoms with Gasteiger partial charge in [0.25, 0.3) is 0 Å². The summed E-state index contributed by atoms with van der Waals surface area (Å²) in [6.07, 6.45) is 0. The van der Waals surface area contributed by atoms with Crippen molar-refractivity contribution in [1.82, 2.24) is 0 Å². The Morgan fingerprint density at radius 1 is 1.06 bits per heavy atom. The molecular weight excluding hydrogens is 260 g/mol. The first-order chi connectivity index (χ1) is 7.99. The van der Waals surface area contributed by atoms with Crippen molar-refractivity contribution in [2.75, 3.05) is 5.73 Å². The largest absolute Gasteiger partial charge is 0.398 e. The highest BCUT2D eigenvalue weighted by molar-refractivity contribution is 6.34. The molecule has 0 radical (unpaired) electrons. The molecule has 0 saturated heterocycles. The molecule has 0 fully saturated rings. The number of rotatable bonds is 1. The van der Waals surface area contributed by atoms with Crippen LogP contribution in [-0.2, 0) is 0 Å². The lowest BCUT2D eigenvalue weighted by molar-refractivity contribution is 0.619. The normalized spacial score (nSPS) is 10.6. The first-order valence-electron chi connectivity index (χ1n) is 5.00. The third-order valence-electron chi connectivity index (χ3n) is 2.55. The van der Waals surface area contributed by atoms with Gasteiger partial charge in [0.05, 0.1) is 5.02 Å². The Kier molecular flexibility index (Phi) is 3.27. The van der Waals surface area contributed by atoms with E-state index in [1.807, 2.05) is 0 Å². The monoisotopic (exact) mass is 269 g/mol. The first kappa shape index (κ1) is 12.2. The highest BCUT2D eigenvalue weighted by atomic mass is 35.5. The van der Waals surface area contributed by atoms with Crippen LogP contribution in [0.5, 0.6) is 0 Å². The molecule has 0 heterocycles. The molecule has 0 aliphatic heterocycles. The molecule has 0 aliphatic rings. The van der Waals surface area contributed by atoms with Gasteiger partial charge in [-0.25, -0.2) is 4.39 Å². The fourth-order valence-corrected chi connectivity index (χ4v) is 2.05. The zero-order chi connectivity index (χ0) is 12.6. The maximum Gasteiger partial charge on any atom is 0.127 e. The number of aryl methyl sites for hydroxylation is 1. The van der Waals surface area contributed by atoms with E-state index >= 15 is 0 Å². The summed E-state index contributed by atoms with van der Waals surface area (Å²) in [5.74, 6) is -0.334. The van der Waals surface area contributed by atoms with Crippen molar-refractivity contribution < 1.29 is 4.39 Å². The van der Waals surface area contributed by atoms with E-state index in [-0.39, 0.29) is 5.82 Å². The zero-order valence-corrected chi connectivity index (χ0v) is 10.6. The zero-order valence-electron chi connectivity index (χ0n) is 9.10. The van der Waals surface area contributed by atoms with Crippen molar-refractivity contribution in [2.24, 2.45) is 0 Å². The maximum absolute atomic E-state index is 13.3. The Morgan fingerprint density at radius 3 is 2.47 bits per heavy atom. The standard InChI is InChI=1S/C13H10Cl2FN/c1-7-4-9(11(15)6-12(7)16)10-5-8(14)2-3-13(10)17/h2-6H,17H2,1H3. The van der Waals surface area contributed by atoms with Gasteiger partial charge in [0.1, 0.15) is 5.82 Å². The molecule has 17 heavy (non-hydrogen) atoms. The van der Waals surface area contributed by atoms with Crippen LogP contribution in [0.1, 0.15) is 5.56 Å². The Bertz CT molecular complexity index is 582. The first-order valence-corrected chi connectivity index (χ1v) is 5.75. The van der Waals surface area contributed by atoms with Crippen LogP contribution in [0.4, 0.5) is 10.1 Å². The van der Waals surface area contributed by atoms with Gasteiger partial charge >= 0.3 is 0 Å². The average Bonchev–Trinajstić information content (AvgIpc) is 2.27. The van der Waals surface area contributed by atoms with Gasteiger partial charge in [-0.05, 0) is 42.8 Å². The fraction of sp³-hybridized carbons (Fsp3) is 0.0769. The summed E-state index contributed by atoms with van der Waals surface area (Å²) in [5.41, 5.74) is 8.34. The maximum atomic E-state index is 13.3. The minimum atomic E-state index is -0.334. The lowest BCUT2D eigenvalue weighted by atomic mass is 10.0. The van der Waals surface area contributed by atoms with Crippen molar-refractivity contribution in [1.29, 1.82) is 0 Å². The molecule has 88 valence electrons. The molecule has 0 spiro atoms. The second kappa shape index (κ2) is 4.55. The van der Waals surface area contributed by atoms with Crippen LogP contribution in [0.3, 0.4) is 0 Å². The summed E-state index contributed by atoms with van der Waals surface area (Å²) in [7, 11) is 0. The van der Waals surface area contributed by atoms with Crippen LogP contribution >= 0.6 is 23.2 Å². The molecule has 0 bridgehead atoms. The molecule has 2 aromatic carbocycles. The summed E-state index contributed by atoms with van der Waals surface area (Å²) in [6, 6.07) is 8.07. The molecular formula is C13H10Cl2FN. The smallest absolute Gasteiger partial charge is 0.127 e. The molecule has 1 nitrogen and oxygen atoms in total. The van der Waals surface area contributed by atoms with Crippen molar-refractivity contribution in [3.05, 3.63) is 51.8 Å². The Balaban J connectivity index is 2.68. The van der Waals surface area contributed by atoms with Crippen LogP contribution in [-0.4, -0.2) is 0 Å². The third-order valence-corrected chi connectivity index (χ3v) is 3.10. The van der Waals surface area contributed by atoms with E-state index in [0.717, 1.165) is 0 Å². The van der Waals surface area contributed by atoms with Crippen LogP contribution in [0, 0.1) is 12.7 Å². The summed E-state index contributed by atoms with van der Waals surface area (Å²) in [5, 5.41) is 0.884. The Morgan fingerprint density at radius 2 is 1.76 bits per heavy atom. The van der Waals surface area contributed by atoms with Crippen LogP contribution in [0.2, 0.25) is 10.0 Å². The van der Waals surface area contributed by atoms with E-state index in [1.54, 1.807) is 31.2 Å². The van der Waals surface area contributed by atoms with Gasteiger partial charge in [0.15, 0.2) is 0 Å². The van der Waals surface area contributed by atoms with E-state index in [9.17, 15) is 4.39 Å². The minimum Gasteiger partial charge on any atom is -0.398 e. The van der Waals surface area contributed by atoms with E-state index in [2.05, 4.69) is 0 Å². The lowest BCUT2D eigenvalue weighted by Crippen LogP contribution is -1.92. The van der Waals surface area contributed by atoms with Gasteiger partial charge in [-0.15, -0.1) is 0 Å². The number of nitrogens with two attached hydrogens (primary N) is 1. The summed E-state index contributed by atoms with van der Waals surface area (Å²) < 4.78 is 13.3. The Hall–Kier alpha value is -1.25. The predicted molar refractivity (Wildman–Crippen MR) is 71.0 cm³/mol. The van der Waals surface area contributed by atoms with Gasteiger partial charge < -0.3 is 5.73 Å². The second-order valence-corrected chi connectivity index (χ2v) is 4.66. The topological polar surface area (TPSA) is 26.0 Å². The van der Waals surface area contributed by atoms with E-state index < -0.39 is 0 Å². The number of nitrogen functional groups attached to an aromatic ring is 1. The molecule has 0 aromatic heterocycles. The highest BCUT2D eigenvalue weighted by Gasteiger charge is 2.10. The lowest BCUT2D eigenvalue weighted by Gasteiger charge is -2.10. The molecule has 2 aromatic rings. The van der Waals surface area contributed by atoms with Crippen LogP contribution in [0.15, 0.2) is 30.3 Å². The van der Waals surface area contributed by atoms with Crippen molar-refractivity contribution in [3.63, 3.8) is 0 Å². The number of anilines is 1. The SMILES string of the molecule is Cc1cc(-c2cc(Cl)ccc2N)c(Cl)cc1F. The van der Waals surface area contributed by atoms with Gasteiger partial charge in [0, 0.05) is 21.8 Å². The fourth-order valence-electron chi connectivity index (χ4n) is 1.63. The van der Waals surface area contributed by atoms with Gasteiger partial charge in [-0.3, -0.25) is 0 Å². The average molecular weight is 270 g/mol. The van der Waals surface area contributed by atoms with Crippen molar-refractivity contribution in [2.45, 2.75) is 6.92 Å². The number of hydrogen-bond donors (Lipinski definition) is 1. The summed E-state index contributed by atoms with van der Waals surface area (Å²) in [4.78, 5) is 0. The molecule has 0 saturated carbocycles. The molecule has 2 N–H and O–H groups in total. The number of benzene rings is 2. The number of hydrogen-bond acceptors (Lipinski definition) is 1. The third kappa shape index (κ3) is 2.38. The molecule has 0 atom stereocenters. The highest BCUT2D eigenvalue weighted by Crippen LogP contribution is 2.35.